The predicted molar refractivity (Wildman–Crippen MR) is 69.7 cm³/mol. The van der Waals surface area contributed by atoms with Gasteiger partial charge in [-0.25, -0.2) is 9.59 Å². The maximum atomic E-state index is 9.77. The van der Waals surface area contributed by atoms with Crippen LogP contribution < -0.4 is 5.73 Å². The number of carbonyl (C=O) groups is 2. The van der Waals surface area contributed by atoms with E-state index in [-0.39, 0.29) is 0 Å². The summed E-state index contributed by atoms with van der Waals surface area (Å²) in [4.78, 5) is 19.5. The highest BCUT2D eigenvalue weighted by atomic mass is 16.4. The average Bonchev–Trinajstić information content (AvgIpc) is 2.37. The average molecular weight is 279 g/mol. The molecule has 0 aliphatic carbocycles. The van der Waals surface area contributed by atoms with Gasteiger partial charge >= 0.3 is 11.9 Å². The van der Waals surface area contributed by atoms with Crippen molar-refractivity contribution in [2.75, 3.05) is 6.54 Å². The van der Waals surface area contributed by atoms with Gasteiger partial charge in [0.15, 0.2) is 12.2 Å². The smallest absolute Gasteiger partial charge is 0.335 e. The standard InChI is InChI=1S/C8H19N.C4H6O6/c1-2-3-4-5-6-7-8-9;5-1(3(7)8)2(6)4(9)10/h2-9H2,1H3;1-2,5-6H,(H,7,8)(H,9,10). The zero-order chi connectivity index (χ0) is 15.3. The van der Waals surface area contributed by atoms with E-state index in [1.54, 1.807) is 0 Å². The monoisotopic (exact) mass is 279 g/mol. The molecule has 0 radical (unpaired) electrons. The summed E-state index contributed by atoms with van der Waals surface area (Å²) in [5, 5.41) is 32.5. The highest BCUT2D eigenvalue weighted by molar-refractivity contribution is 5.83. The van der Waals surface area contributed by atoms with E-state index in [2.05, 4.69) is 6.92 Å². The summed E-state index contributed by atoms with van der Waals surface area (Å²) >= 11 is 0. The lowest BCUT2D eigenvalue weighted by Crippen LogP contribution is -2.39. The van der Waals surface area contributed by atoms with Gasteiger partial charge in [-0.2, -0.15) is 0 Å². The lowest BCUT2D eigenvalue weighted by atomic mass is 10.1. The Labute approximate surface area is 113 Å². The van der Waals surface area contributed by atoms with Gasteiger partial charge in [0.05, 0.1) is 0 Å². The first-order chi connectivity index (χ1) is 8.88. The number of carboxylic acids is 2. The number of nitrogens with two attached hydrogens (primary N) is 1. The molecule has 0 aliphatic heterocycles. The van der Waals surface area contributed by atoms with Crippen LogP contribution in [0.5, 0.6) is 0 Å². The van der Waals surface area contributed by atoms with Gasteiger partial charge in [-0.15, -0.1) is 0 Å². The van der Waals surface area contributed by atoms with Gasteiger partial charge in [0.1, 0.15) is 0 Å². The molecule has 7 heteroatoms. The van der Waals surface area contributed by atoms with Crippen LogP contribution in [0.3, 0.4) is 0 Å². The molecule has 19 heavy (non-hydrogen) atoms. The summed E-state index contributed by atoms with van der Waals surface area (Å²) in [5.41, 5.74) is 5.34. The molecule has 0 fully saturated rings. The van der Waals surface area contributed by atoms with Crippen LogP contribution in [0.2, 0.25) is 0 Å². The molecule has 2 unspecified atom stereocenters. The number of rotatable bonds is 9. The van der Waals surface area contributed by atoms with E-state index in [4.69, 9.17) is 26.2 Å². The lowest BCUT2D eigenvalue weighted by Gasteiger charge is -2.07. The molecule has 7 nitrogen and oxygen atoms in total. The summed E-state index contributed by atoms with van der Waals surface area (Å²) in [6, 6.07) is 0. The highest BCUT2D eigenvalue weighted by Gasteiger charge is 2.29. The number of aliphatic hydroxyl groups is 2. The third kappa shape index (κ3) is 13.1. The molecular formula is C12H25NO6. The first-order valence-electron chi connectivity index (χ1n) is 6.40. The first-order valence-corrected chi connectivity index (χ1v) is 6.40. The van der Waals surface area contributed by atoms with Crippen molar-refractivity contribution in [1.82, 2.24) is 0 Å². The van der Waals surface area contributed by atoms with Gasteiger partial charge in [0.25, 0.3) is 0 Å². The van der Waals surface area contributed by atoms with Crippen molar-refractivity contribution in [3.8, 4) is 0 Å². The Balaban J connectivity index is 0. The minimum atomic E-state index is -2.27. The molecule has 0 aromatic heterocycles. The number of aliphatic carboxylic acids is 2. The summed E-state index contributed by atoms with van der Waals surface area (Å²) in [7, 11) is 0. The molecular weight excluding hydrogens is 254 g/mol. The normalized spacial score (nSPS) is 13.1. The molecule has 0 spiro atoms. The maximum absolute atomic E-state index is 9.77. The van der Waals surface area contributed by atoms with Crippen LogP contribution in [0.25, 0.3) is 0 Å². The van der Waals surface area contributed by atoms with Crippen LogP contribution in [0.4, 0.5) is 0 Å². The van der Waals surface area contributed by atoms with E-state index >= 15 is 0 Å². The fraction of sp³-hybridized carbons (Fsp3) is 0.833. The van der Waals surface area contributed by atoms with Gasteiger partial charge in [0.2, 0.25) is 0 Å². The Kier molecular flexibility index (Phi) is 14.1. The molecule has 0 aliphatic rings. The van der Waals surface area contributed by atoms with Crippen molar-refractivity contribution in [2.45, 2.75) is 57.7 Å². The maximum Gasteiger partial charge on any atom is 0.335 e. The quantitative estimate of drug-likeness (QED) is 0.379. The topological polar surface area (TPSA) is 141 Å². The molecule has 6 N–H and O–H groups in total. The largest absolute Gasteiger partial charge is 0.479 e. The third-order valence-electron chi connectivity index (χ3n) is 2.36. The Morgan fingerprint density at radius 2 is 1.26 bits per heavy atom. The molecule has 0 heterocycles. The summed E-state index contributed by atoms with van der Waals surface area (Å²) in [6.45, 7) is 3.11. The van der Waals surface area contributed by atoms with Crippen LogP contribution >= 0.6 is 0 Å². The molecule has 2 atom stereocenters. The zero-order valence-electron chi connectivity index (χ0n) is 11.3. The van der Waals surface area contributed by atoms with Crippen molar-refractivity contribution < 1.29 is 30.0 Å². The van der Waals surface area contributed by atoms with Gasteiger partial charge in [-0.3, -0.25) is 0 Å². The van der Waals surface area contributed by atoms with E-state index in [1.807, 2.05) is 0 Å². The van der Waals surface area contributed by atoms with Crippen LogP contribution in [0.15, 0.2) is 0 Å². The number of hydrogen-bond acceptors (Lipinski definition) is 5. The number of unbranched alkanes of at least 4 members (excludes halogenated alkanes) is 5. The van der Waals surface area contributed by atoms with Gasteiger partial charge in [-0.1, -0.05) is 39.0 Å². The minimum Gasteiger partial charge on any atom is -0.479 e. The highest BCUT2D eigenvalue weighted by Crippen LogP contribution is 2.03. The molecule has 114 valence electrons. The van der Waals surface area contributed by atoms with Crippen molar-refractivity contribution in [3.05, 3.63) is 0 Å². The molecule has 0 aromatic carbocycles. The molecule has 0 aromatic rings. The Hall–Kier alpha value is -1.18. The second kappa shape index (κ2) is 13.3. The van der Waals surface area contributed by atoms with Gasteiger partial charge in [0, 0.05) is 0 Å². The molecule has 0 saturated carbocycles. The van der Waals surface area contributed by atoms with Crippen molar-refractivity contribution in [2.24, 2.45) is 5.73 Å². The molecule has 0 saturated heterocycles. The van der Waals surface area contributed by atoms with E-state index < -0.39 is 24.1 Å². The van der Waals surface area contributed by atoms with Gasteiger partial charge in [-0.05, 0) is 13.0 Å². The Morgan fingerprint density at radius 1 is 0.895 bits per heavy atom. The van der Waals surface area contributed by atoms with Crippen LogP contribution in [-0.2, 0) is 9.59 Å². The molecule has 0 rings (SSSR count). The van der Waals surface area contributed by atoms with Crippen LogP contribution in [0, 0.1) is 0 Å². The third-order valence-corrected chi connectivity index (χ3v) is 2.36. The number of aliphatic hydroxyl groups excluding tert-OH is 2. The summed E-state index contributed by atoms with van der Waals surface area (Å²) in [5.74, 6) is -3.54. The molecule has 0 amide bonds. The zero-order valence-corrected chi connectivity index (χ0v) is 11.3. The van der Waals surface area contributed by atoms with Crippen molar-refractivity contribution >= 4 is 11.9 Å². The lowest BCUT2D eigenvalue weighted by molar-refractivity contribution is -0.165. The van der Waals surface area contributed by atoms with Crippen molar-refractivity contribution in [3.63, 3.8) is 0 Å². The second-order valence-corrected chi connectivity index (χ2v) is 4.12. The summed E-state index contributed by atoms with van der Waals surface area (Å²) < 4.78 is 0. The second-order valence-electron chi connectivity index (χ2n) is 4.12. The van der Waals surface area contributed by atoms with E-state index in [0.29, 0.717) is 0 Å². The van der Waals surface area contributed by atoms with Crippen molar-refractivity contribution in [1.29, 1.82) is 0 Å². The fourth-order valence-corrected chi connectivity index (χ4v) is 1.19. The minimum absolute atomic E-state index is 0.867. The first kappa shape index (κ1) is 20.1. The number of carboxylic acid groups (broad SMARTS) is 2. The predicted octanol–water partition coefficient (Wildman–Crippen LogP) is 0.183. The fourth-order valence-electron chi connectivity index (χ4n) is 1.19. The SMILES string of the molecule is CCCCCCCCN.O=C(O)C(O)C(O)C(=O)O. The van der Waals surface area contributed by atoms with E-state index in [0.717, 1.165) is 6.54 Å². The van der Waals surface area contributed by atoms with Crippen LogP contribution in [-0.4, -0.2) is 51.1 Å². The van der Waals surface area contributed by atoms with E-state index in [1.165, 1.54) is 38.5 Å². The molecule has 0 bridgehead atoms. The Bertz CT molecular complexity index is 222. The Morgan fingerprint density at radius 3 is 1.58 bits per heavy atom. The van der Waals surface area contributed by atoms with Crippen LogP contribution in [0.1, 0.15) is 45.4 Å². The van der Waals surface area contributed by atoms with E-state index in [9.17, 15) is 9.59 Å². The summed E-state index contributed by atoms with van der Waals surface area (Å²) in [6.07, 6.45) is 3.52. The van der Waals surface area contributed by atoms with Gasteiger partial charge < -0.3 is 26.2 Å². The number of hydrogen-bond donors (Lipinski definition) is 5.